The van der Waals surface area contributed by atoms with Crippen molar-refractivity contribution in [2.45, 2.75) is 26.8 Å². The van der Waals surface area contributed by atoms with Gasteiger partial charge in [0.25, 0.3) is 5.91 Å². The Hall–Kier alpha value is -1.88. The van der Waals surface area contributed by atoms with E-state index in [9.17, 15) is 9.90 Å². The lowest BCUT2D eigenvalue weighted by molar-refractivity contribution is 0.0939. The van der Waals surface area contributed by atoms with E-state index in [0.717, 1.165) is 16.3 Å². The molecule has 1 aromatic carbocycles. The largest absolute Gasteiger partial charge is 0.508 e. The maximum atomic E-state index is 12.2. The van der Waals surface area contributed by atoms with Gasteiger partial charge in [0.05, 0.1) is 6.04 Å². The number of aromatic nitrogens is 1. The minimum Gasteiger partial charge on any atom is -0.508 e. The lowest BCUT2D eigenvalue weighted by Gasteiger charge is -2.12. The van der Waals surface area contributed by atoms with Crippen molar-refractivity contribution in [3.05, 3.63) is 45.4 Å². The molecular formula is C14H16N2O2S. The zero-order chi connectivity index (χ0) is 14.0. The average Bonchev–Trinajstić information content (AvgIpc) is 2.75. The van der Waals surface area contributed by atoms with Gasteiger partial charge in [-0.1, -0.05) is 0 Å². The van der Waals surface area contributed by atoms with Crippen molar-refractivity contribution in [3.8, 4) is 5.75 Å². The molecule has 4 nitrogen and oxygen atoms in total. The van der Waals surface area contributed by atoms with Gasteiger partial charge in [-0.15, -0.1) is 11.3 Å². The second-order valence-corrected chi connectivity index (χ2v) is 5.41. The predicted molar refractivity (Wildman–Crippen MR) is 75.6 cm³/mol. The minimum atomic E-state index is -0.155. The molecule has 0 spiro atoms. The van der Waals surface area contributed by atoms with Gasteiger partial charge in [0, 0.05) is 16.6 Å². The van der Waals surface area contributed by atoms with Gasteiger partial charge in [0.15, 0.2) is 0 Å². The number of nitrogens with one attached hydrogen (secondary N) is 1. The summed E-state index contributed by atoms with van der Waals surface area (Å²) in [5.41, 5.74) is 2.28. The fourth-order valence-corrected chi connectivity index (χ4v) is 2.61. The highest BCUT2D eigenvalue weighted by Crippen LogP contribution is 2.20. The first kappa shape index (κ1) is 13.5. The van der Waals surface area contributed by atoms with Gasteiger partial charge >= 0.3 is 0 Å². The number of nitrogens with zero attached hydrogens (tertiary/aromatic N) is 1. The van der Waals surface area contributed by atoms with Crippen LogP contribution in [0.25, 0.3) is 0 Å². The van der Waals surface area contributed by atoms with Gasteiger partial charge in [-0.25, -0.2) is 4.98 Å². The molecule has 19 heavy (non-hydrogen) atoms. The lowest BCUT2D eigenvalue weighted by Crippen LogP contribution is -2.27. The third-order valence-electron chi connectivity index (χ3n) is 2.81. The SMILES string of the molecule is Cc1csc(C(C)NC(=O)c2ccc(O)cc2C)n1. The highest BCUT2D eigenvalue weighted by Gasteiger charge is 2.15. The van der Waals surface area contributed by atoms with Gasteiger partial charge < -0.3 is 10.4 Å². The number of rotatable bonds is 3. The van der Waals surface area contributed by atoms with Crippen molar-refractivity contribution in [2.75, 3.05) is 0 Å². The molecule has 0 aliphatic heterocycles. The molecule has 0 fully saturated rings. The van der Waals surface area contributed by atoms with Crippen molar-refractivity contribution in [3.63, 3.8) is 0 Å². The molecular weight excluding hydrogens is 260 g/mol. The highest BCUT2D eigenvalue weighted by atomic mass is 32.1. The van der Waals surface area contributed by atoms with Crippen LogP contribution in [0.2, 0.25) is 0 Å². The predicted octanol–water partition coefficient (Wildman–Crippen LogP) is 2.96. The standard InChI is InChI=1S/C14H16N2O2S/c1-8-6-11(17)4-5-12(8)13(18)16-10(3)14-15-9(2)7-19-14/h4-7,10,17H,1-3H3,(H,16,18). The van der Waals surface area contributed by atoms with E-state index in [1.54, 1.807) is 19.1 Å². The molecule has 1 heterocycles. The molecule has 2 aromatic rings. The van der Waals surface area contributed by atoms with Crippen LogP contribution >= 0.6 is 11.3 Å². The summed E-state index contributed by atoms with van der Waals surface area (Å²) in [5.74, 6) is 0.00972. The summed E-state index contributed by atoms with van der Waals surface area (Å²) in [5, 5.41) is 15.1. The van der Waals surface area contributed by atoms with Crippen molar-refractivity contribution in [1.82, 2.24) is 10.3 Å². The van der Waals surface area contributed by atoms with Crippen molar-refractivity contribution >= 4 is 17.2 Å². The molecule has 0 aliphatic carbocycles. The fraction of sp³-hybridized carbons (Fsp3) is 0.286. The summed E-state index contributed by atoms with van der Waals surface area (Å²) in [6, 6.07) is 4.59. The Kier molecular flexibility index (Phi) is 3.85. The Bertz CT molecular complexity index is 607. The molecule has 1 aromatic heterocycles. The van der Waals surface area contributed by atoms with E-state index in [0.29, 0.717) is 5.56 Å². The van der Waals surface area contributed by atoms with E-state index in [1.807, 2.05) is 19.2 Å². The molecule has 1 atom stereocenters. The van der Waals surface area contributed by atoms with Crippen LogP contribution in [0.15, 0.2) is 23.6 Å². The summed E-state index contributed by atoms with van der Waals surface area (Å²) in [6.07, 6.45) is 0. The van der Waals surface area contributed by atoms with E-state index in [4.69, 9.17) is 0 Å². The third-order valence-corrected chi connectivity index (χ3v) is 3.95. The third kappa shape index (κ3) is 3.12. The molecule has 0 saturated heterocycles. The van der Waals surface area contributed by atoms with Crippen molar-refractivity contribution < 1.29 is 9.90 Å². The highest BCUT2D eigenvalue weighted by molar-refractivity contribution is 7.09. The van der Waals surface area contributed by atoms with Crippen LogP contribution in [-0.4, -0.2) is 16.0 Å². The Morgan fingerprint density at radius 1 is 1.42 bits per heavy atom. The number of hydrogen-bond acceptors (Lipinski definition) is 4. The maximum absolute atomic E-state index is 12.2. The van der Waals surface area contributed by atoms with Gasteiger partial charge in [-0.05, 0) is 44.5 Å². The van der Waals surface area contributed by atoms with E-state index < -0.39 is 0 Å². The van der Waals surface area contributed by atoms with Crippen molar-refractivity contribution in [1.29, 1.82) is 0 Å². The number of aryl methyl sites for hydroxylation is 2. The molecule has 1 unspecified atom stereocenters. The molecule has 2 rings (SSSR count). The Balaban J connectivity index is 2.12. The molecule has 0 bridgehead atoms. The number of phenols is 1. The molecule has 1 amide bonds. The zero-order valence-corrected chi connectivity index (χ0v) is 11.9. The van der Waals surface area contributed by atoms with Gasteiger partial charge in [0.2, 0.25) is 0 Å². The molecule has 0 radical (unpaired) electrons. The van der Waals surface area contributed by atoms with Crippen LogP contribution in [0.5, 0.6) is 5.75 Å². The summed E-state index contributed by atoms with van der Waals surface area (Å²) in [4.78, 5) is 16.5. The Morgan fingerprint density at radius 2 is 2.16 bits per heavy atom. The number of thiazole rings is 1. The quantitative estimate of drug-likeness (QED) is 0.906. The molecule has 0 saturated carbocycles. The average molecular weight is 276 g/mol. The van der Waals surface area contributed by atoms with Gasteiger partial charge in [0.1, 0.15) is 10.8 Å². The summed E-state index contributed by atoms with van der Waals surface area (Å²) in [7, 11) is 0. The van der Waals surface area contributed by atoms with E-state index >= 15 is 0 Å². The Morgan fingerprint density at radius 3 is 2.74 bits per heavy atom. The Labute approximate surface area is 116 Å². The van der Waals surface area contributed by atoms with Crippen LogP contribution in [0.1, 0.15) is 39.6 Å². The van der Waals surface area contributed by atoms with Crippen LogP contribution in [-0.2, 0) is 0 Å². The van der Waals surface area contributed by atoms with Crippen molar-refractivity contribution in [2.24, 2.45) is 0 Å². The smallest absolute Gasteiger partial charge is 0.252 e. The number of benzene rings is 1. The van der Waals surface area contributed by atoms with Crippen LogP contribution in [0.4, 0.5) is 0 Å². The topological polar surface area (TPSA) is 62.2 Å². The first-order valence-electron chi connectivity index (χ1n) is 6.00. The summed E-state index contributed by atoms with van der Waals surface area (Å²) >= 11 is 1.54. The van der Waals surface area contributed by atoms with Gasteiger partial charge in [-0.2, -0.15) is 0 Å². The van der Waals surface area contributed by atoms with Crippen LogP contribution in [0.3, 0.4) is 0 Å². The van der Waals surface area contributed by atoms with E-state index in [-0.39, 0.29) is 17.7 Å². The lowest BCUT2D eigenvalue weighted by atomic mass is 10.1. The van der Waals surface area contributed by atoms with Crippen LogP contribution < -0.4 is 5.32 Å². The molecule has 5 heteroatoms. The zero-order valence-electron chi connectivity index (χ0n) is 11.1. The molecule has 2 N–H and O–H groups in total. The maximum Gasteiger partial charge on any atom is 0.252 e. The number of carbonyl (C=O) groups excluding carboxylic acids is 1. The summed E-state index contributed by atoms with van der Waals surface area (Å²) in [6.45, 7) is 5.64. The monoisotopic (exact) mass is 276 g/mol. The van der Waals surface area contributed by atoms with Crippen LogP contribution in [0, 0.1) is 13.8 Å². The first-order chi connectivity index (χ1) is 8.97. The number of phenolic OH excluding ortho intramolecular Hbond substituents is 1. The number of hydrogen-bond donors (Lipinski definition) is 2. The number of aromatic hydroxyl groups is 1. The second kappa shape index (κ2) is 5.40. The second-order valence-electron chi connectivity index (χ2n) is 4.52. The fourth-order valence-electron chi connectivity index (χ4n) is 1.81. The number of carbonyl (C=O) groups is 1. The first-order valence-corrected chi connectivity index (χ1v) is 6.88. The van der Waals surface area contributed by atoms with E-state index in [2.05, 4.69) is 10.3 Å². The molecule has 0 aliphatic rings. The number of amides is 1. The minimum absolute atomic E-state index is 0.126. The molecule has 100 valence electrons. The van der Waals surface area contributed by atoms with Gasteiger partial charge in [-0.3, -0.25) is 4.79 Å². The summed E-state index contributed by atoms with van der Waals surface area (Å²) < 4.78 is 0. The normalized spacial score (nSPS) is 12.2. The van der Waals surface area contributed by atoms with E-state index in [1.165, 1.54) is 17.4 Å².